The minimum absolute atomic E-state index is 1.14. The molecule has 0 unspecified atom stereocenters. The van der Waals surface area contributed by atoms with Gasteiger partial charge in [0.2, 0.25) is 0 Å². The van der Waals surface area contributed by atoms with Crippen LogP contribution >= 0.6 is 0 Å². The van der Waals surface area contributed by atoms with Gasteiger partial charge in [0, 0.05) is 10.8 Å². The number of hydrogen-bond acceptors (Lipinski definition) is 1. The Hall–Kier alpha value is -4.17. The second-order valence-electron chi connectivity index (χ2n) is 9.19. The maximum absolute atomic E-state index is 4.68. The molecule has 34 heavy (non-hydrogen) atoms. The van der Waals surface area contributed by atoms with Gasteiger partial charge in [-0.2, -0.15) is 5.10 Å². The van der Waals surface area contributed by atoms with Crippen molar-refractivity contribution in [2.75, 3.05) is 0 Å². The topological polar surface area (TPSA) is 17.3 Å². The van der Waals surface area contributed by atoms with Crippen molar-refractivity contribution in [1.82, 2.24) is 9.61 Å². The maximum atomic E-state index is 4.68. The zero-order chi connectivity index (χ0) is 23.4. The van der Waals surface area contributed by atoms with E-state index in [9.17, 15) is 0 Å². The molecule has 4 aromatic carbocycles. The van der Waals surface area contributed by atoms with E-state index in [4.69, 9.17) is 0 Å². The van der Waals surface area contributed by atoms with Crippen LogP contribution in [0.4, 0.5) is 0 Å². The molecule has 164 valence electrons. The first-order valence-corrected chi connectivity index (χ1v) is 11.7. The highest BCUT2D eigenvalue weighted by Gasteiger charge is 2.17. The highest BCUT2D eigenvalue weighted by Crippen LogP contribution is 2.40. The summed E-state index contributed by atoms with van der Waals surface area (Å²) in [6.45, 7) is 10.5. The molecule has 0 amide bonds. The van der Waals surface area contributed by atoms with Gasteiger partial charge in [-0.3, -0.25) is 0 Å². The van der Waals surface area contributed by atoms with E-state index in [-0.39, 0.29) is 0 Å². The van der Waals surface area contributed by atoms with Gasteiger partial charge in [-0.1, -0.05) is 84.9 Å². The highest BCUT2D eigenvalue weighted by molar-refractivity contribution is 6.18. The predicted octanol–water partition coefficient (Wildman–Crippen LogP) is 8.54. The van der Waals surface area contributed by atoms with Crippen molar-refractivity contribution < 1.29 is 0 Å². The lowest BCUT2D eigenvalue weighted by Gasteiger charge is -2.18. The molecule has 0 spiro atoms. The number of aromatic nitrogens is 2. The van der Waals surface area contributed by atoms with Gasteiger partial charge in [0.05, 0.1) is 17.2 Å². The average molecular weight is 439 g/mol. The molecule has 2 heterocycles. The molecule has 0 atom stereocenters. The van der Waals surface area contributed by atoms with Crippen LogP contribution in [0.2, 0.25) is 0 Å². The third-order valence-corrected chi connectivity index (χ3v) is 6.92. The van der Waals surface area contributed by atoms with Gasteiger partial charge in [-0.15, -0.1) is 0 Å². The Bertz CT molecular complexity index is 1710. The van der Waals surface area contributed by atoms with Crippen LogP contribution in [0.1, 0.15) is 22.3 Å². The van der Waals surface area contributed by atoms with Crippen molar-refractivity contribution in [1.29, 1.82) is 0 Å². The molecule has 0 fully saturated rings. The van der Waals surface area contributed by atoms with Gasteiger partial charge in [0.25, 0.3) is 0 Å². The second-order valence-corrected chi connectivity index (χ2v) is 9.19. The van der Waals surface area contributed by atoms with Crippen LogP contribution in [-0.4, -0.2) is 9.61 Å². The number of hydrogen-bond donors (Lipinski definition) is 0. The molecule has 0 saturated carbocycles. The Morgan fingerprint density at radius 3 is 2.24 bits per heavy atom. The molecule has 0 aliphatic heterocycles. The van der Waals surface area contributed by atoms with Gasteiger partial charge in [0.1, 0.15) is 0 Å². The van der Waals surface area contributed by atoms with Crippen molar-refractivity contribution >= 4 is 33.3 Å². The summed E-state index contributed by atoms with van der Waals surface area (Å²) in [5.41, 5.74) is 12.2. The third kappa shape index (κ3) is 3.07. The third-order valence-electron chi connectivity index (χ3n) is 6.92. The van der Waals surface area contributed by atoms with Crippen LogP contribution < -0.4 is 0 Å². The molecule has 2 aromatic heterocycles. The van der Waals surface area contributed by atoms with Crippen molar-refractivity contribution in [3.63, 3.8) is 0 Å². The van der Waals surface area contributed by atoms with Crippen molar-refractivity contribution in [3.05, 3.63) is 114 Å². The van der Waals surface area contributed by atoms with E-state index in [2.05, 4.69) is 116 Å². The molecule has 0 bridgehead atoms. The van der Waals surface area contributed by atoms with E-state index in [1.165, 1.54) is 55.1 Å². The Morgan fingerprint density at radius 1 is 0.735 bits per heavy atom. The monoisotopic (exact) mass is 438 g/mol. The lowest BCUT2D eigenvalue weighted by molar-refractivity contribution is 1.01. The van der Waals surface area contributed by atoms with Crippen LogP contribution in [0.3, 0.4) is 0 Å². The van der Waals surface area contributed by atoms with E-state index in [0.717, 1.165) is 16.6 Å². The Balaban J connectivity index is 1.65. The molecule has 0 aliphatic carbocycles. The summed E-state index contributed by atoms with van der Waals surface area (Å²) in [5, 5.41) is 8.45. The summed E-state index contributed by atoms with van der Waals surface area (Å²) in [6.07, 6.45) is 3.77. The fourth-order valence-electron chi connectivity index (χ4n) is 5.36. The first kappa shape index (κ1) is 20.4. The first-order chi connectivity index (χ1) is 16.5. The number of aryl methyl sites for hydroxylation is 3. The average Bonchev–Trinajstić information content (AvgIpc) is 3.34. The molecule has 6 aromatic rings. The fraction of sp³-hybridized carbons (Fsp3) is 0.0938. The molecule has 6 rings (SSSR count). The Morgan fingerprint density at radius 2 is 1.50 bits per heavy atom. The van der Waals surface area contributed by atoms with Crippen LogP contribution in [0.25, 0.3) is 55.5 Å². The molecule has 0 N–H and O–H groups in total. The maximum Gasteiger partial charge on any atom is 0.0747 e. The van der Waals surface area contributed by atoms with E-state index < -0.39 is 0 Å². The van der Waals surface area contributed by atoms with Crippen LogP contribution in [0.15, 0.2) is 91.6 Å². The quantitative estimate of drug-likeness (QED) is 0.253. The fourth-order valence-corrected chi connectivity index (χ4v) is 5.36. The van der Waals surface area contributed by atoms with E-state index >= 15 is 0 Å². The SMILES string of the molecule is C=Cc1ccc(-c2cc(C)c(-c3cccc4c3c3cc(C)ccc3c3ccnn34)c(C)c2)cc1. The van der Waals surface area contributed by atoms with Crippen molar-refractivity contribution in [2.45, 2.75) is 20.8 Å². The number of fused-ring (bicyclic) bond motifs is 6. The molecular weight excluding hydrogens is 412 g/mol. The molecule has 2 nitrogen and oxygen atoms in total. The molecular formula is C32H26N2. The van der Waals surface area contributed by atoms with Crippen LogP contribution in [0, 0.1) is 20.8 Å². The lowest BCUT2D eigenvalue weighted by atomic mass is 9.88. The van der Waals surface area contributed by atoms with Crippen molar-refractivity contribution in [2.24, 2.45) is 0 Å². The molecule has 0 saturated heterocycles. The minimum atomic E-state index is 1.14. The lowest BCUT2D eigenvalue weighted by Crippen LogP contribution is -1.97. The van der Waals surface area contributed by atoms with E-state index in [0.29, 0.717) is 0 Å². The Labute approximate surface area is 199 Å². The Kier molecular flexibility index (Phi) is 4.63. The summed E-state index contributed by atoms with van der Waals surface area (Å²) in [4.78, 5) is 0. The van der Waals surface area contributed by atoms with Gasteiger partial charge < -0.3 is 0 Å². The smallest absolute Gasteiger partial charge is 0.0747 e. The van der Waals surface area contributed by atoms with E-state index in [1.807, 2.05) is 12.3 Å². The van der Waals surface area contributed by atoms with Gasteiger partial charge >= 0.3 is 0 Å². The predicted molar refractivity (Wildman–Crippen MR) is 145 cm³/mol. The van der Waals surface area contributed by atoms with Crippen LogP contribution in [-0.2, 0) is 0 Å². The summed E-state index contributed by atoms with van der Waals surface area (Å²) in [6, 6.07) is 28.6. The molecule has 2 heteroatoms. The van der Waals surface area contributed by atoms with Crippen LogP contribution in [0.5, 0.6) is 0 Å². The standard InChI is InChI=1S/C32H26N2/c1-5-23-10-12-24(13-11-23)25-18-21(3)31(22(4)19-25)27-7-6-8-30-32(27)28-17-20(2)9-14-26(28)29-15-16-33-34(29)30/h5-19H,1H2,2-4H3. The molecule has 0 aliphatic rings. The van der Waals surface area contributed by atoms with Gasteiger partial charge in [-0.05, 0) is 77.2 Å². The first-order valence-electron chi connectivity index (χ1n) is 11.7. The summed E-state index contributed by atoms with van der Waals surface area (Å²) in [7, 11) is 0. The highest BCUT2D eigenvalue weighted by atomic mass is 15.2. The number of nitrogens with zero attached hydrogens (tertiary/aromatic N) is 2. The van der Waals surface area contributed by atoms with Gasteiger partial charge in [0.15, 0.2) is 0 Å². The largest absolute Gasteiger partial charge is 0.232 e. The second kappa shape index (κ2) is 7.71. The van der Waals surface area contributed by atoms with Crippen molar-refractivity contribution in [3.8, 4) is 22.3 Å². The zero-order valence-electron chi connectivity index (χ0n) is 19.8. The number of rotatable bonds is 3. The number of benzene rings is 4. The minimum Gasteiger partial charge on any atom is -0.232 e. The summed E-state index contributed by atoms with van der Waals surface area (Å²) < 4.78 is 2.08. The van der Waals surface area contributed by atoms with Gasteiger partial charge in [-0.25, -0.2) is 4.52 Å². The summed E-state index contributed by atoms with van der Waals surface area (Å²) >= 11 is 0. The zero-order valence-corrected chi connectivity index (χ0v) is 19.8. The normalized spacial score (nSPS) is 11.5. The number of pyridine rings is 1. The molecule has 0 radical (unpaired) electrons. The van der Waals surface area contributed by atoms with E-state index in [1.54, 1.807) is 0 Å². The summed E-state index contributed by atoms with van der Waals surface area (Å²) in [5.74, 6) is 0.